The average Bonchev–Trinajstić information content (AvgIpc) is 2.67. The van der Waals surface area contributed by atoms with E-state index >= 15 is 0 Å². The normalized spacial score (nSPS) is 17.4. The van der Waals surface area contributed by atoms with Gasteiger partial charge < -0.3 is 14.4 Å². The van der Waals surface area contributed by atoms with Gasteiger partial charge in [-0.3, -0.25) is 4.79 Å². The Morgan fingerprint density at radius 3 is 3.04 bits per heavy atom. The van der Waals surface area contributed by atoms with Crippen molar-refractivity contribution in [2.45, 2.75) is 18.9 Å². The van der Waals surface area contributed by atoms with Crippen LogP contribution in [-0.2, 0) is 11.2 Å². The summed E-state index contributed by atoms with van der Waals surface area (Å²) >= 11 is 0. The van der Waals surface area contributed by atoms with Crippen LogP contribution in [0.25, 0.3) is 0 Å². The van der Waals surface area contributed by atoms with E-state index in [2.05, 4.69) is 9.97 Å². The number of halogens is 1. The molecule has 1 amide bonds. The first-order valence-electron chi connectivity index (χ1n) is 8.16. The van der Waals surface area contributed by atoms with Crippen molar-refractivity contribution < 1.29 is 18.7 Å². The Bertz CT molecular complexity index is 727. The fraction of sp³-hybridized carbons (Fsp3) is 0.389. The minimum Gasteiger partial charge on any atom is -0.494 e. The Labute approximate surface area is 145 Å². The molecule has 0 spiro atoms. The van der Waals surface area contributed by atoms with E-state index < -0.39 is 5.82 Å². The zero-order valence-corrected chi connectivity index (χ0v) is 14.0. The van der Waals surface area contributed by atoms with E-state index in [0.29, 0.717) is 25.3 Å². The van der Waals surface area contributed by atoms with Crippen LogP contribution >= 0.6 is 0 Å². The van der Waals surface area contributed by atoms with Crippen molar-refractivity contribution in [3.05, 3.63) is 53.9 Å². The second-order valence-corrected chi connectivity index (χ2v) is 5.83. The fourth-order valence-electron chi connectivity index (χ4n) is 2.84. The van der Waals surface area contributed by atoms with Crippen LogP contribution in [0.2, 0.25) is 0 Å². The highest BCUT2D eigenvalue weighted by atomic mass is 19.1. The number of ether oxygens (including phenoxy) is 2. The minimum atomic E-state index is -0.540. The van der Waals surface area contributed by atoms with Crippen molar-refractivity contribution in [1.82, 2.24) is 14.9 Å². The lowest BCUT2D eigenvalue weighted by Gasteiger charge is -2.33. The van der Waals surface area contributed by atoms with E-state index in [-0.39, 0.29) is 17.8 Å². The Balaban J connectivity index is 1.60. The molecule has 3 rings (SSSR count). The quantitative estimate of drug-likeness (QED) is 0.830. The second kappa shape index (κ2) is 8.02. The molecule has 0 saturated carbocycles. The predicted molar refractivity (Wildman–Crippen MR) is 88.9 cm³/mol. The highest BCUT2D eigenvalue weighted by Crippen LogP contribution is 2.20. The molecular formula is C18H20FN3O3. The molecule has 0 radical (unpaired) electrons. The lowest BCUT2D eigenvalue weighted by atomic mass is 10.1. The average molecular weight is 345 g/mol. The summed E-state index contributed by atoms with van der Waals surface area (Å²) in [5.41, 5.74) is 1.26. The summed E-state index contributed by atoms with van der Waals surface area (Å²) in [5, 5.41) is 0. The van der Waals surface area contributed by atoms with Gasteiger partial charge in [-0.05, 0) is 37.1 Å². The van der Waals surface area contributed by atoms with Crippen LogP contribution in [0.15, 0.2) is 36.8 Å². The van der Waals surface area contributed by atoms with Gasteiger partial charge in [0.15, 0.2) is 11.6 Å². The Kier molecular flexibility index (Phi) is 5.55. The highest BCUT2D eigenvalue weighted by molar-refractivity contribution is 5.94. The number of hydrogen-bond acceptors (Lipinski definition) is 5. The van der Waals surface area contributed by atoms with Crippen LogP contribution in [0, 0.1) is 5.82 Å². The number of aryl methyl sites for hydroxylation is 1. The van der Waals surface area contributed by atoms with Gasteiger partial charge in [0.2, 0.25) is 0 Å². The van der Waals surface area contributed by atoms with Gasteiger partial charge in [0, 0.05) is 30.5 Å². The third-order valence-corrected chi connectivity index (χ3v) is 4.19. The van der Waals surface area contributed by atoms with Crippen LogP contribution in [0.4, 0.5) is 4.39 Å². The van der Waals surface area contributed by atoms with Crippen LogP contribution in [-0.4, -0.2) is 53.7 Å². The molecule has 0 unspecified atom stereocenters. The number of carbonyl (C=O) groups excluding carboxylic acids is 1. The van der Waals surface area contributed by atoms with Gasteiger partial charge in [-0.25, -0.2) is 14.4 Å². The topological polar surface area (TPSA) is 64.5 Å². The summed E-state index contributed by atoms with van der Waals surface area (Å²) in [7, 11) is 1.39. The van der Waals surface area contributed by atoms with Crippen LogP contribution < -0.4 is 4.74 Å². The number of carbonyl (C=O) groups is 1. The molecule has 1 atom stereocenters. The molecule has 132 valence electrons. The summed E-state index contributed by atoms with van der Waals surface area (Å²) in [6.45, 7) is 1.45. The van der Waals surface area contributed by atoms with Crippen LogP contribution in [0.1, 0.15) is 22.5 Å². The van der Waals surface area contributed by atoms with Gasteiger partial charge in [-0.15, -0.1) is 0 Å². The van der Waals surface area contributed by atoms with E-state index in [0.717, 1.165) is 18.5 Å². The molecule has 7 heteroatoms. The maximum Gasteiger partial charge on any atom is 0.254 e. The first-order valence-corrected chi connectivity index (χ1v) is 8.16. The van der Waals surface area contributed by atoms with Crippen molar-refractivity contribution in [2.75, 3.05) is 26.8 Å². The first-order chi connectivity index (χ1) is 12.2. The highest BCUT2D eigenvalue weighted by Gasteiger charge is 2.25. The number of methoxy groups -OCH3 is 1. The summed E-state index contributed by atoms with van der Waals surface area (Å²) in [6.07, 6.45) is 4.68. The zero-order chi connectivity index (χ0) is 17.6. The zero-order valence-electron chi connectivity index (χ0n) is 14.0. The maximum atomic E-state index is 13.8. The van der Waals surface area contributed by atoms with Crippen molar-refractivity contribution in [2.24, 2.45) is 0 Å². The molecule has 0 N–H and O–H groups in total. The third kappa shape index (κ3) is 4.30. The molecule has 1 saturated heterocycles. The van der Waals surface area contributed by atoms with E-state index in [1.165, 1.54) is 25.6 Å². The number of rotatable bonds is 5. The SMILES string of the molecule is COc1ccc(C(=O)N2CCO[C@H](CCc3ccncn3)C2)cc1F. The molecule has 1 aliphatic heterocycles. The molecule has 1 aromatic carbocycles. The van der Waals surface area contributed by atoms with E-state index in [1.54, 1.807) is 17.2 Å². The van der Waals surface area contributed by atoms with Crippen molar-refractivity contribution in [1.29, 1.82) is 0 Å². The predicted octanol–water partition coefficient (Wildman–Crippen LogP) is 2.10. The standard InChI is InChI=1S/C18H20FN3O3/c1-24-17-5-2-13(10-16(17)19)18(23)22-8-9-25-15(11-22)4-3-14-6-7-20-12-21-14/h2,5-7,10,12,15H,3-4,8-9,11H2,1H3/t15-/m1/s1. The number of amides is 1. The van der Waals surface area contributed by atoms with Gasteiger partial charge in [0.05, 0.1) is 19.8 Å². The number of morpholine rings is 1. The molecule has 1 aliphatic rings. The van der Waals surface area contributed by atoms with E-state index in [9.17, 15) is 9.18 Å². The van der Waals surface area contributed by atoms with Crippen LogP contribution in [0.3, 0.4) is 0 Å². The molecule has 1 fully saturated rings. The van der Waals surface area contributed by atoms with E-state index in [4.69, 9.17) is 9.47 Å². The Hall–Kier alpha value is -2.54. The second-order valence-electron chi connectivity index (χ2n) is 5.83. The number of nitrogens with zero attached hydrogens (tertiary/aromatic N) is 3. The molecule has 2 heterocycles. The summed E-state index contributed by atoms with van der Waals surface area (Å²) in [6, 6.07) is 6.13. The summed E-state index contributed by atoms with van der Waals surface area (Å²) in [5.74, 6) is -0.611. The largest absolute Gasteiger partial charge is 0.494 e. The molecule has 2 aromatic rings. The Morgan fingerprint density at radius 2 is 2.32 bits per heavy atom. The van der Waals surface area contributed by atoms with Gasteiger partial charge in [-0.1, -0.05) is 0 Å². The molecular weight excluding hydrogens is 325 g/mol. The maximum absolute atomic E-state index is 13.8. The van der Waals surface area contributed by atoms with E-state index in [1.807, 2.05) is 6.07 Å². The molecule has 0 bridgehead atoms. The van der Waals surface area contributed by atoms with Gasteiger partial charge >= 0.3 is 0 Å². The van der Waals surface area contributed by atoms with Gasteiger partial charge in [-0.2, -0.15) is 0 Å². The Morgan fingerprint density at radius 1 is 1.44 bits per heavy atom. The molecule has 6 nitrogen and oxygen atoms in total. The lowest BCUT2D eigenvalue weighted by Crippen LogP contribution is -2.45. The van der Waals surface area contributed by atoms with Crippen molar-refractivity contribution in [3.63, 3.8) is 0 Å². The molecule has 25 heavy (non-hydrogen) atoms. The number of hydrogen-bond donors (Lipinski definition) is 0. The van der Waals surface area contributed by atoms with Crippen LogP contribution in [0.5, 0.6) is 5.75 Å². The smallest absolute Gasteiger partial charge is 0.254 e. The van der Waals surface area contributed by atoms with Gasteiger partial charge in [0.1, 0.15) is 6.33 Å². The monoisotopic (exact) mass is 345 g/mol. The molecule has 1 aromatic heterocycles. The number of aromatic nitrogens is 2. The van der Waals surface area contributed by atoms with Crippen molar-refractivity contribution >= 4 is 5.91 Å². The fourth-order valence-corrected chi connectivity index (χ4v) is 2.84. The lowest BCUT2D eigenvalue weighted by molar-refractivity contribution is -0.0247. The minimum absolute atomic E-state index is 0.0595. The summed E-state index contributed by atoms with van der Waals surface area (Å²) in [4.78, 5) is 22.4. The number of benzene rings is 1. The van der Waals surface area contributed by atoms with Gasteiger partial charge in [0.25, 0.3) is 5.91 Å². The van der Waals surface area contributed by atoms with Crippen molar-refractivity contribution in [3.8, 4) is 5.75 Å². The third-order valence-electron chi connectivity index (χ3n) is 4.19. The summed E-state index contributed by atoms with van der Waals surface area (Å²) < 4.78 is 24.5. The molecule has 0 aliphatic carbocycles. The first kappa shape index (κ1) is 17.3.